The fourth-order valence-electron chi connectivity index (χ4n) is 12.8. The van der Waals surface area contributed by atoms with E-state index < -0.39 is 12.1 Å². The van der Waals surface area contributed by atoms with Gasteiger partial charge in [0, 0.05) is 12.8 Å². The molecule has 0 saturated heterocycles. The second kappa shape index (κ2) is 79.3. The number of rotatable bonds is 77. The quantitative estimate of drug-likeness (QED) is 0.0320. The lowest BCUT2D eigenvalue weighted by atomic mass is 10.0. The molecule has 0 aromatic rings. The zero-order valence-electron chi connectivity index (χ0n) is 60.9. The third kappa shape index (κ3) is 74.9. The van der Waals surface area contributed by atoms with Crippen LogP contribution in [-0.2, 0) is 14.3 Å². The highest BCUT2D eigenvalue weighted by Crippen LogP contribution is 2.20. The van der Waals surface area contributed by atoms with E-state index in [4.69, 9.17) is 4.74 Å². The molecule has 0 fully saturated rings. The molecule has 90 heavy (non-hydrogen) atoms. The number of carbonyl (C=O) groups is 2. The van der Waals surface area contributed by atoms with Crippen molar-refractivity contribution >= 4 is 11.9 Å². The zero-order chi connectivity index (χ0) is 64.9. The van der Waals surface area contributed by atoms with Crippen LogP contribution in [0.2, 0.25) is 0 Å². The van der Waals surface area contributed by atoms with E-state index in [-0.39, 0.29) is 18.5 Å². The maximum absolute atomic E-state index is 12.5. The highest BCUT2D eigenvalue weighted by Gasteiger charge is 2.18. The Kier molecular flexibility index (Phi) is 77.3. The summed E-state index contributed by atoms with van der Waals surface area (Å²) in [6, 6.07) is -0.627. The molecule has 0 aliphatic heterocycles. The Labute approximate surface area is 563 Å². The summed E-state index contributed by atoms with van der Waals surface area (Å²) >= 11 is 0. The lowest BCUT2D eigenvalue weighted by Crippen LogP contribution is -2.45. The number of esters is 1. The molecule has 0 spiro atoms. The first-order valence-electron chi connectivity index (χ1n) is 40.9. The van der Waals surface area contributed by atoms with Gasteiger partial charge in [0.25, 0.3) is 0 Å². The van der Waals surface area contributed by atoms with Gasteiger partial charge in [-0.15, -0.1) is 0 Å². The van der Waals surface area contributed by atoms with Crippen molar-refractivity contribution in [3.05, 3.63) is 48.6 Å². The van der Waals surface area contributed by atoms with Gasteiger partial charge in [0.1, 0.15) is 0 Å². The van der Waals surface area contributed by atoms with E-state index >= 15 is 0 Å². The average molecular weight is 1260 g/mol. The Balaban J connectivity index is 3.37. The number of hydrogen-bond donors (Lipinski definition) is 3. The van der Waals surface area contributed by atoms with Gasteiger partial charge in [-0.3, -0.25) is 9.59 Å². The molecule has 0 bridgehead atoms. The van der Waals surface area contributed by atoms with E-state index in [9.17, 15) is 19.8 Å². The van der Waals surface area contributed by atoms with Crippen LogP contribution in [-0.4, -0.2) is 47.4 Å². The lowest BCUT2D eigenvalue weighted by Gasteiger charge is -2.20. The van der Waals surface area contributed by atoms with Crippen molar-refractivity contribution in [1.82, 2.24) is 5.32 Å². The molecular formula is C84H159NO5. The standard InChI is InChI=1S/C84H159NO5/c1-3-5-7-9-11-13-15-17-19-21-23-37-41-44-48-52-56-60-64-68-72-76-82(87)81(80-86)85-83(88)77-73-69-65-61-57-53-49-45-42-38-35-33-31-29-27-25-24-26-28-30-32-34-36-39-43-47-51-55-59-63-67-71-75-79-90-84(89)78-74-70-66-62-58-54-50-46-40-22-20-18-16-14-12-10-8-6-4-2/h12,14,18,20,28,30,72,76,81-82,86-87H,3-11,13,15-17,19,21-27,29,31-71,73-75,77-80H2,1-2H3,(H,85,88)/b14-12-,20-18-,30-28-,76-72+. The van der Waals surface area contributed by atoms with Crippen LogP contribution in [0.1, 0.15) is 450 Å². The van der Waals surface area contributed by atoms with Crippen LogP contribution < -0.4 is 5.32 Å². The van der Waals surface area contributed by atoms with Crippen molar-refractivity contribution in [2.75, 3.05) is 13.2 Å². The molecule has 1 amide bonds. The normalized spacial score (nSPS) is 12.7. The molecule has 0 saturated carbocycles. The summed E-state index contributed by atoms with van der Waals surface area (Å²) in [7, 11) is 0. The minimum atomic E-state index is -0.844. The molecule has 530 valence electrons. The predicted octanol–water partition coefficient (Wildman–Crippen LogP) is 27.2. The van der Waals surface area contributed by atoms with Gasteiger partial charge in [-0.1, -0.05) is 396 Å². The molecule has 2 unspecified atom stereocenters. The third-order valence-corrected chi connectivity index (χ3v) is 19.1. The van der Waals surface area contributed by atoms with Gasteiger partial charge in [0.15, 0.2) is 0 Å². The summed E-state index contributed by atoms with van der Waals surface area (Å²) in [4.78, 5) is 24.7. The molecule has 0 aliphatic carbocycles. The van der Waals surface area contributed by atoms with Crippen LogP contribution in [0.3, 0.4) is 0 Å². The second-order valence-electron chi connectivity index (χ2n) is 28.1. The number of ether oxygens (including phenoxy) is 1. The number of aliphatic hydroxyl groups is 2. The molecule has 0 rings (SSSR count). The Hall–Kier alpha value is -2.18. The molecular weight excluding hydrogens is 1100 g/mol. The van der Waals surface area contributed by atoms with Crippen molar-refractivity contribution in [3.63, 3.8) is 0 Å². The minimum absolute atomic E-state index is 0.0153. The van der Waals surface area contributed by atoms with Gasteiger partial charge in [-0.2, -0.15) is 0 Å². The zero-order valence-corrected chi connectivity index (χ0v) is 60.9. The summed E-state index contributed by atoms with van der Waals surface area (Å²) in [5.41, 5.74) is 0. The summed E-state index contributed by atoms with van der Waals surface area (Å²) in [6.45, 7) is 4.92. The van der Waals surface area contributed by atoms with Gasteiger partial charge < -0.3 is 20.3 Å². The van der Waals surface area contributed by atoms with Crippen molar-refractivity contribution in [2.24, 2.45) is 0 Å². The summed E-state index contributed by atoms with van der Waals surface area (Å²) in [6.07, 6.45) is 105. The molecule has 6 nitrogen and oxygen atoms in total. The molecule has 2 atom stereocenters. The SMILES string of the molecule is CCCCC/C=C\C/C=C\CCCCCCCCCCCC(=O)OCCCCCCCCCCCCCC/C=C\CCCCCCCCCCCCCCCCCCCC(=O)NC(CO)C(O)/C=C/CCCCCCCCCCCCCCCCCCCCC. The molecule has 0 heterocycles. The van der Waals surface area contributed by atoms with E-state index in [1.807, 2.05) is 6.08 Å². The Morgan fingerprint density at radius 3 is 0.878 bits per heavy atom. The van der Waals surface area contributed by atoms with Crippen molar-refractivity contribution in [3.8, 4) is 0 Å². The Morgan fingerprint density at radius 1 is 0.311 bits per heavy atom. The van der Waals surface area contributed by atoms with Crippen molar-refractivity contribution in [1.29, 1.82) is 0 Å². The first-order chi connectivity index (χ1) is 44.5. The third-order valence-electron chi connectivity index (χ3n) is 19.1. The molecule has 0 radical (unpaired) electrons. The van der Waals surface area contributed by atoms with E-state index in [2.05, 4.69) is 55.6 Å². The van der Waals surface area contributed by atoms with Crippen molar-refractivity contribution in [2.45, 2.75) is 463 Å². The maximum Gasteiger partial charge on any atom is 0.305 e. The Morgan fingerprint density at radius 2 is 0.556 bits per heavy atom. The number of aliphatic hydroxyl groups excluding tert-OH is 2. The molecule has 0 aliphatic rings. The van der Waals surface area contributed by atoms with Gasteiger partial charge >= 0.3 is 5.97 Å². The maximum atomic E-state index is 12.5. The van der Waals surface area contributed by atoms with Gasteiger partial charge in [-0.05, 0) is 89.9 Å². The molecule has 0 aromatic heterocycles. The first kappa shape index (κ1) is 87.8. The molecule has 3 N–H and O–H groups in total. The van der Waals surface area contributed by atoms with Gasteiger partial charge in [-0.25, -0.2) is 0 Å². The topological polar surface area (TPSA) is 95.9 Å². The van der Waals surface area contributed by atoms with E-state index in [1.165, 1.54) is 372 Å². The molecule has 6 heteroatoms. The van der Waals surface area contributed by atoms with Gasteiger partial charge in [0.05, 0.1) is 25.4 Å². The average Bonchev–Trinajstić information content (AvgIpc) is 3.65. The van der Waals surface area contributed by atoms with E-state index in [0.717, 1.165) is 51.4 Å². The van der Waals surface area contributed by atoms with Gasteiger partial charge in [0.2, 0.25) is 5.91 Å². The highest BCUT2D eigenvalue weighted by atomic mass is 16.5. The van der Waals surface area contributed by atoms with E-state index in [1.54, 1.807) is 6.08 Å². The van der Waals surface area contributed by atoms with Crippen molar-refractivity contribution < 1.29 is 24.5 Å². The van der Waals surface area contributed by atoms with Crippen LogP contribution in [0.5, 0.6) is 0 Å². The number of carbonyl (C=O) groups excluding carboxylic acids is 2. The smallest absolute Gasteiger partial charge is 0.305 e. The van der Waals surface area contributed by atoms with Crippen LogP contribution in [0.15, 0.2) is 48.6 Å². The second-order valence-corrected chi connectivity index (χ2v) is 28.1. The lowest BCUT2D eigenvalue weighted by molar-refractivity contribution is -0.143. The monoisotopic (exact) mass is 1260 g/mol. The fraction of sp³-hybridized carbons (Fsp3) is 0.881. The summed E-state index contributed by atoms with van der Waals surface area (Å²) in [5, 5.41) is 23.3. The highest BCUT2D eigenvalue weighted by molar-refractivity contribution is 5.76. The largest absolute Gasteiger partial charge is 0.466 e. The first-order valence-corrected chi connectivity index (χ1v) is 40.9. The van der Waals surface area contributed by atoms with Crippen LogP contribution in [0, 0.1) is 0 Å². The number of allylic oxidation sites excluding steroid dienone is 7. The predicted molar refractivity (Wildman–Crippen MR) is 398 cm³/mol. The van der Waals surface area contributed by atoms with Crippen LogP contribution in [0.4, 0.5) is 0 Å². The number of unbranched alkanes of at least 4 members (excludes halogenated alkanes) is 60. The number of hydrogen-bond acceptors (Lipinski definition) is 5. The minimum Gasteiger partial charge on any atom is -0.466 e. The Bertz CT molecular complexity index is 1500. The number of amides is 1. The van der Waals surface area contributed by atoms with E-state index in [0.29, 0.717) is 19.4 Å². The summed E-state index contributed by atoms with van der Waals surface area (Å²) in [5.74, 6) is -0.0453. The molecule has 0 aromatic carbocycles. The van der Waals surface area contributed by atoms with Crippen LogP contribution in [0.25, 0.3) is 0 Å². The van der Waals surface area contributed by atoms with Crippen LogP contribution >= 0.6 is 0 Å². The summed E-state index contributed by atoms with van der Waals surface area (Å²) < 4.78 is 5.51. The fourth-order valence-corrected chi connectivity index (χ4v) is 12.8. The number of nitrogens with one attached hydrogen (secondary N) is 1.